The zero-order valence-corrected chi connectivity index (χ0v) is 20.7. The molecular formula is C29H33NO4. The van der Waals surface area contributed by atoms with Crippen LogP contribution in [0.3, 0.4) is 0 Å². The fourth-order valence-corrected chi connectivity index (χ4v) is 5.66. The summed E-state index contributed by atoms with van der Waals surface area (Å²) in [7, 11) is 3.35. The molecule has 0 aromatic heterocycles. The van der Waals surface area contributed by atoms with Crippen molar-refractivity contribution in [3.63, 3.8) is 0 Å². The summed E-state index contributed by atoms with van der Waals surface area (Å²) >= 11 is 0. The molecule has 1 atom stereocenters. The monoisotopic (exact) mass is 459 g/mol. The lowest BCUT2D eigenvalue weighted by molar-refractivity contribution is -0.118. The number of ether oxygens (including phenoxy) is 3. The summed E-state index contributed by atoms with van der Waals surface area (Å²) in [6.45, 7) is 7.87. The van der Waals surface area contributed by atoms with Gasteiger partial charge in [0.15, 0.2) is 17.3 Å². The maximum Gasteiger partial charge on any atom is 0.162 e. The number of allylic oxidation sites excluding steroid dienone is 3. The molecule has 1 aliphatic carbocycles. The zero-order chi connectivity index (χ0) is 24.0. The molecule has 0 bridgehead atoms. The highest BCUT2D eigenvalue weighted by Crippen LogP contribution is 2.51. The van der Waals surface area contributed by atoms with Crippen LogP contribution in [-0.4, -0.2) is 38.1 Å². The normalized spacial score (nSPS) is 20.7. The predicted octanol–water partition coefficient (Wildman–Crippen LogP) is 5.74. The van der Waals surface area contributed by atoms with E-state index in [4.69, 9.17) is 14.2 Å². The van der Waals surface area contributed by atoms with E-state index in [1.807, 2.05) is 19.1 Å². The van der Waals surface area contributed by atoms with E-state index in [-0.39, 0.29) is 17.1 Å². The van der Waals surface area contributed by atoms with Gasteiger partial charge in [0.25, 0.3) is 0 Å². The Balaban J connectivity index is 1.67. The SMILES string of the molecule is CCOc1ccc(C2C=C3c4cc(OC)c(OC)cc4CCN3C3=C2C(=O)CC(C)(C)C3)cc1. The van der Waals surface area contributed by atoms with Crippen LogP contribution in [0.25, 0.3) is 5.70 Å². The molecule has 0 saturated heterocycles. The number of benzene rings is 2. The molecule has 2 aromatic carbocycles. The van der Waals surface area contributed by atoms with Gasteiger partial charge in [0.1, 0.15) is 5.75 Å². The summed E-state index contributed by atoms with van der Waals surface area (Å²) < 4.78 is 16.9. The third-order valence-corrected chi connectivity index (χ3v) is 7.19. The Morgan fingerprint density at radius 1 is 1.03 bits per heavy atom. The highest BCUT2D eigenvalue weighted by Gasteiger charge is 2.42. The molecule has 2 aliphatic heterocycles. The molecule has 0 N–H and O–H groups in total. The van der Waals surface area contributed by atoms with E-state index in [1.165, 1.54) is 11.3 Å². The number of ketones is 1. The molecule has 0 saturated carbocycles. The lowest BCUT2D eigenvalue weighted by atomic mass is 9.69. The van der Waals surface area contributed by atoms with E-state index >= 15 is 0 Å². The zero-order valence-electron chi connectivity index (χ0n) is 20.7. The van der Waals surface area contributed by atoms with Crippen LogP contribution in [0.2, 0.25) is 0 Å². The van der Waals surface area contributed by atoms with Gasteiger partial charge < -0.3 is 19.1 Å². The molecule has 2 heterocycles. The first-order chi connectivity index (χ1) is 16.3. The number of hydrogen-bond donors (Lipinski definition) is 0. The fraction of sp³-hybridized carbons (Fsp3) is 0.414. The molecule has 5 rings (SSSR count). The number of fused-ring (bicyclic) bond motifs is 4. The first-order valence-electron chi connectivity index (χ1n) is 12.1. The third kappa shape index (κ3) is 3.77. The number of nitrogens with zero attached hydrogens (tertiary/aromatic N) is 1. The molecule has 2 aromatic rings. The van der Waals surface area contributed by atoms with Gasteiger partial charge in [-0.15, -0.1) is 0 Å². The lowest BCUT2D eigenvalue weighted by Gasteiger charge is -2.46. The average molecular weight is 460 g/mol. The standard InChI is InChI=1S/C29H33NO4/c1-6-34-20-9-7-18(8-10-20)22-14-23-21-15-27(33-5)26(32-4)13-19(21)11-12-30(23)24-16-29(2,3)17-25(31)28(22)24/h7-10,13-15,22H,6,11-12,16-17H2,1-5H3. The molecular weight excluding hydrogens is 426 g/mol. The van der Waals surface area contributed by atoms with Crippen LogP contribution < -0.4 is 14.2 Å². The van der Waals surface area contributed by atoms with Gasteiger partial charge in [0.05, 0.1) is 20.8 Å². The molecule has 0 spiro atoms. The van der Waals surface area contributed by atoms with Crippen molar-refractivity contribution in [1.82, 2.24) is 4.90 Å². The molecule has 178 valence electrons. The smallest absolute Gasteiger partial charge is 0.162 e. The van der Waals surface area contributed by atoms with Crippen molar-refractivity contribution in [2.24, 2.45) is 5.41 Å². The van der Waals surface area contributed by atoms with Crippen molar-refractivity contribution in [2.75, 3.05) is 27.4 Å². The van der Waals surface area contributed by atoms with Crippen molar-refractivity contribution < 1.29 is 19.0 Å². The molecule has 34 heavy (non-hydrogen) atoms. The Morgan fingerprint density at radius 3 is 2.41 bits per heavy atom. The van der Waals surface area contributed by atoms with Gasteiger partial charge in [-0.3, -0.25) is 4.79 Å². The molecule has 0 radical (unpaired) electrons. The van der Waals surface area contributed by atoms with E-state index in [2.05, 4.69) is 49.1 Å². The maximum absolute atomic E-state index is 13.5. The first-order valence-corrected chi connectivity index (χ1v) is 12.1. The Kier molecular flexibility index (Phi) is 5.67. The van der Waals surface area contributed by atoms with Crippen molar-refractivity contribution in [3.05, 3.63) is 70.4 Å². The number of rotatable bonds is 5. The van der Waals surface area contributed by atoms with Crippen LogP contribution in [0, 0.1) is 5.41 Å². The van der Waals surface area contributed by atoms with Gasteiger partial charge in [-0.05, 0) is 66.6 Å². The van der Waals surface area contributed by atoms with E-state index in [0.29, 0.717) is 13.0 Å². The topological polar surface area (TPSA) is 48.0 Å². The summed E-state index contributed by atoms with van der Waals surface area (Å²) in [5.41, 5.74) is 6.75. The summed E-state index contributed by atoms with van der Waals surface area (Å²) in [5, 5.41) is 0. The molecule has 3 aliphatic rings. The van der Waals surface area contributed by atoms with Gasteiger partial charge >= 0.3 is 0 Å². The summed E-state index contributed by atoms with van der Waals surface area (Å²) in [6, 6.07) is 12.4. The maximum atomic E-state index is 13.5. The van der Waals surface area contributed by atoms with Crippen molar-refractivity contribution in [1.29, 1.82) is 0 Å². The quantitative estimate of drug-likeness (QED) is 0.570. The summed E-state index contributed by atoms with van der Waals surface area (Å²) in [4.78, 5) is 15.9. The Labute approximate surface area is 202 Å². The average Bonchev–Trinajstić information content (AvgIpc) is 2.82. The molecule has 0 amide bonds. The molecule has 5 nitrogen and oxygen atoms in total. The Bertz CT molecular complexity index is 1190. The predicted molar refractivity (Wildman–Crippen MR) is 133 cm³/mol. The van der Waals surface area contributed by atoms with Gasteiger partial charge in [-0.1, -0.05) is 26.0 Å². The van der Waals surface area contributed by atoms with E-state index < -0.39 is 0 Å². The van der Waals surface area contributed by atoms with Crippen LogP contribution >= 0.6 is 0 Å². The lowest BCUT2D eigenvalue weighted by Crippen LogP contribution is -2.40. The van der Waals surface area contributed by atoms with Crippen LogP contribution in [-0.2, 0) is 11.2 Å². The second kappa shape index (κ2) is 8.53. The number of carbonyl (C=O) groups excluding carboxylic acids is 1. The highest BCUT2D eigenvalue weighted by molar-refractivity contribution is 6.01. The molecule has 5 heteroatoms. The van der Waals surface area contributed by atoms with Crippen LogP contribution in [0.15, 0.2) is 53.7 Å². The Hall–Kier alpha value is -3.21. The first kappa shape index (κ1) is 22.6. The van der Waals surface area contributed by atoms with Crippen molar-refractivity contribution in [3.8, 4) is 17.2 Å². The number of Topliss-reactive ketones (excluding diaryl/α,β-unsaturated/α-hetero) is 1. The number of methoxy groups -OCH3 is 2. The van der Waals surface area contributed by atoms with E-state index in [1.54, 1.807) is 14.2 Å². The minimum atomic E-state index is -0.0837. The largest absolute Gasteiger partial charge is 0.494 e. The van der Waals surface area contributed by atoms with Crippen LogP contribution in [0.4, 0.5) is 0 Å². The van der Waals surface area contributed by atoms with E-state index in [0.717, 1.165) is 59.0 Å². The molecule has 0 fully saturated rings. The van der Waals surface area contributed by atoms with Crippen LogP contribution in [0.1, 0.15) is 56.2 Å². The van der Waals surface area contributed by atoms with Gasteiger partial charge in [0, 0.05) is 41.4 Å². The van der Waals surface area contributed by atoms with Crippen molar-refractivity contribution >= 4 is 11.5 Å². The minimum Gasteiger partial charge on any atom is -0.494 e. The third-order valence-electron chi connectivity index (χ3n) is 7.19. The second-order valence-electron chi connectivity index (χ2n) is 10.1. The van der Waals surface area contributed by atoms with E-state index in [9.17, 15) is 4.79 Å². The minimum absolute atomic E-state index is 0.0559. The molecule has 1 unspecified atom stereocenters. The fourth-order valence-electron chi connectivity index (χ4n) is 5.66. The van der Waals surface area contributed by atoms with Gasteiger partial charge in [-0.2, -0.15) is 0 Å². The van der Waals surface area contributed by atoms with Gasteiger partial charge in [0.2, 0.25) is 0 Å². The number of carbonyl (C=O) groups is 1. The highest BCUT2D eigenvalue weighted by atomic mass is 16.5. The summed E-state index contributed by atoms with van der Waals surface area (Å²) in [6.07, 6.45) is 4.64. The summed E-state index contributed by atoms with van der Waals surface area (Å²) in [5.74, 6) is 2.50. The van der Waals surface area contributed by atoms with Crippen molar-refractivity contribution in [2.45, 2.75) is 46.0 Å². The Morgan fingerprint density at radius 2 is 1.74 bits per heavy atom. The van der Waals surface area contributed by atoms with Crippen LogP contribution in [0.5, 0.6) is 17.2 Å². The second-order valence-corrected chi connectivity index (χ2v) is 10.1. The number of hydrogen-bond acceptors (Lipinski definition) is 5. The van der Waals surface area contributed by atoms with Gasteiger partial charge in [-0.25, -0.2) is 0 Å².